The quantitative estimate of drug-likeness (QED) is 0.620. The lowest BCUT2D eigenvalue weighted by Gasteiger charge is -2.14. The summed E-state index contributed by atoms with van der Waals surface area (Å²) in [7, 11) is -3.38. The number of aromatic nitrogens is 5. The first-order valence-electron chi connectivity index (χ1n) is 9.02. The van der Waals surface area contributed by atoms with Gasteiger partial charge < -0.3 is 4.98 Å². The molecule has 3 aromatic heterocycles. The van der Waals surface area contributed by atoms with Gasteiger partial charge in [0.05, 0.1) is 23.5 Å². The minimum Gasteiger partial charge on any atom is -0.345 e. The van der Waals surface area contributed by atoms with Crippen LogP contribution in [0.3, 0.4) is 0 Å². The second-order valence-electron chi connectivity index (χ2n) is 7.17. The number of sulfonamides is 1. The Hall–Kier alpha value is -2.51. The van der Waals surface area contributed by atoms with Gasteiger partial charge in [-0.15, -0.1) is 10.2 Å². The zero-order valence-corrected chi connectivity index (χ0v) is 15.8. The van der Waals surface area contributed by atoms with E-state index in [1.54, 1.807) is 6.20 Å². The van der Waals surface area contributed by atoms with Crippen molar-refractivity contribution in [2.24, 2.45) is 5.92 Å². The Morgan fingerprint density at radius 1 is 1.41 bits per heavy atom. The summed E-state index contributed by atoms with van der Waals surface area (Å²) >= 11 is 0. The zero-order chi connectivity index (χ0) is 19.0. The summed E-state index contributed by atoms with van der Waals surface area (Å²) in [6.45, 7) is 2.12. The van der Waals surface area contributed by atoms with Gasteiger partial charge in [-0.05, 0) is 31.2 Å². The number of H-pyrrole nitrogens is 1. The molecule has 142 valence electrons. The molecule has 1 aliphatic rings. The van der Waals surface area contributed by atoms with Gasteiger partial charge in [0.15, 0.2) is 11.3 Å². The van der Waals surface area contributed by atoms with E-state index < -0.39 is 10.0 Å². The first-order chi connectivity index (χ1) is 13.0. The summed E-state index contributed by atoms with van der Waals surface area (Å²) in [5, 5.41) is 17.2. The van der Waals surface area contributed by atoms with Crippen molar-refractivity contribution in [2.75, 3.05) is 5.75 Å². The number of hydrogen-bond donors (Lipinski definition) is 2. The molecule has 27 heavy (non-hydrogen) atoms. The number of hydrogen-bond acceptors (Lipinski definition) is 6. The van der Waals surface area contributed by atoms with Gasteiger partial charge in [0, 0.05) is 24.6 Å². The van der Waals surface area contributed by atoms with Crippen LogP contribution < -0.4 is 4.72 Å². The molecule has 0 amide bonds. The van der Waals surface area contributed by atoms with Crippen LogP contribution in [0.4, 0.5) is 0 Å². The maximum Gasteiger partial charge on any atom is 0.211 e. The number of nitrogens with zero attached hydrogens (tertiary/aromatic N) is 5. The van der Waals surface area contributed by atoms with Crippen molar-refractivity contribution in [3.63, 3.8) is 0 Å². The lowest BCUT2D eigenvalue weighted by atomic mass is 9.97. The number of nitrogens with one attached hydrogen (secondary N) is 2. The number of aromatic amines is 1. The third-order valence-electron chi connectivity index (χ3n) is 5.23. The molecule has 0 aliphatic heterocycles. The summed E-state index contributed by atoms with van der Waals surface area (Å²) < 4.78 is 29.3. The van der Waals surface area contributed by atoms with Crippen LogP contribution >= 0.6 is 0 Å². The van der Waals surface area contributed by atoms with E-state index in [0.717, 1.165) is 23.4 Å². The van der Waals surface area contributed by atoms with E-state index in [9.17, 15) is 8.42 Å². The average molecular weight is 387 g/mol. The Morgan fingerprint density at radius 3 is 3.07 bits per heavy atom. The average Bonchev–Trinajstić information content (AvgIpc) is 3.31. The minimum absolute atomic E-state index is 0.0143. The third kappa shape index (κ3) is 3.40. The highest BCUT2D eigenvalue weighted by Gasteiger charge is 2.37. The molecule has 9 nitrogen and oxygen atoms in total. The van der Waals surface area contributed by atoms with Crippen molar-refractivity contribution in [1.29, 1.82) is 5.26 Å². The monoisotopic (exact) mass is 387 g/mol. The molecule has 10 heteroatoms. The molecular formula is C17H21N7O2S. The largest absolute Gasteiger partial charge is 0.345 e. The molecular weight excluding hydrogens is 366 g/mol. The minimum atomic E-state index is -3.38. The van der Waals surface area contributed by atoms with E-state index in [0.29, 0.717) is 18.5 Å². The molecule has 0 aromatic carbocycles. The van der Waals surface area contributed by atoms with E-state index in [-0.39, 0.29) is 30.1 Å². The van der Waals surface area contributed by atoms with Gasteiger partial charge in [0.2, 0.25) is 10.0 Å². The van der Waals surface area contributed by atoms with Crippen LogP contribution in [0.25, 0.3) is 16.8 Å². The van der Waals surface area contributed by atoms with Crippen LogP contribution in [0.2, 0.25) is 0 Å². The lowest BCUT2D eigenvalue weighted by Crippen LogP contribution is -2.34. The lowest BCUT2D eigenvalue weighted by molar-refractivity contribution is 0.505. The number of fused-ring (bicyclic) bond motifs is 3. The first kappa shape index (κ1) is 17.9. The highest BCUT2D eigenvalue weighted by molar-refractivity contribution is 7.89. The molecule has 4 rings (SSSR count). The maximum absolute atomic E-state index is 12.2. The molecule has 0 unspecified atom stereocenters. The SMILES string of the molecule is C[C@@H]1C[C@H](NS(=O)(=O)CCCC#N)C[C@@H]1c1nnc2cnc3[nH]ccc3n12. The van der Waals surface area contributed by atoms with E-state index in [2.05, 4.69) is 31.8 Å². The Balaban J connectivity index is 1.57. The van der Waals surface area contributed by atoms with Crippen molar-refractivity contribution in [3.8, 4) is 6.07 Å². The fraction of sp³-hybridized carbons (Fsp3) is 0.529. The summed E-state index contributed by atoms with van der Waals surface area (Å²) in [6.07, 6.45) is 5.54. The van der Waals surface area contributed by atoms with E-state index in [4.69, 9.17) is 5.26 Å². The third-order valence-corrected chi connectivity index (χ3v) is 6.75. The standard InChI is InChI=1S/C17H21N7O2S/c1-11-8-12(23-27(25,26)7-3-2-5-18)9-13(11)17-22-21-15-10-20-16-14(24(15)17)4-6-19-16/h4,6,10-13,19,23H,2-3,7-9H2,1H3/t11-,12+,13+/m1/s1. The van der Waals surface area contributed by atoms with Crippen molar-refractivity contribution >= 4 is 26.8 Å². The molecule has 1 aliphatic carbocycles. The molecule has 1 fully saturated rings. The van der Waals surface area contributed by atoms with E-state index in [1.807, 2.05) is 22.7 Å². The molecule has 0 saturated heterocycles. The van der Waals surface area contributed by atoms with Crippen molar-refractivity contribution in [1.82, 2.24) is 29.3 Å². The van der Waals surface area contributed by atoms with Gasteiger partial charge in [-0.2, -0.15) is 5.26 Å². The van der Waals surface area contributed by atoms with Crippen LogP contribution in [0.5, 0.6) is 0 Å². The number of unbranched alkanes of at least 4 members (excludes halogenated alkanes) is 1. The highest BCUT2D eigenvalue weighted by atomic mass is 32.2. The second-order valence-corrected chi connectivity index (χ2v) is 9.05. The predicted molar refractivity (Wildman–Crippen MR) is 99.3 cm³/mol. The van der Waals surface area contributed by atoms with Gasteiger partial charge >= 0.3 is 0 Å². The number of nitriles is 1. The van der Waals surface area contributed by atoms with Crippen LogP contribution in [0, 0.1) is 17.2 Å². The van der Waals surface area contributed by atoms with Crippen molar-refractivity contribution < 1.29 is 8.42 Å². The molecule has 1 saturated carbocycles. The fourth-order valence-corrected chi connectivity index (χ4v) is 5.34. The molecule has 3 aromatic rings. The Kier molecular flexibility index (Phi) is 4.57. The second kappa shape index (κ2) is 6.90. The Morgan fingerprint density at radius 2 is 2.26 bits per heavy atom. The number of rotatable bonds is 6. The molecule has 0 radical (unpaired) electrons. The molecule has 0 spiro atoms. The maximum atomic E-state index is 12.2. The smallest absolute Gasteiger partial charge is 0.211 e. The normalized spacial score (nSPS) is 23.2. The highest BCUT2D eigenvalue weighted by Crippen LogP contribution is 2.39. The van der Waals surface area contributed by atoms with Crippen molar-refractivity contribution in [2.45, 2.75) is 44.6 Å². The fourth-order valence-electron chi connectivity index (χ4n) is 4.00. The molecule has 2 N–H and O–H groups in total. The van der Waals surface area contributed by atoms with Gasteiger partial charge in [-0.1, -0.05) is 6.92 Å². The van der Waals surface area contributed by atoms with E-state index >= 15 is 0 Å². The predicted octanol–water partition coefficient (Wildman–Crippen LogP) is 1.71. The van der Waals surface area contributed by atoms with Gasteiger partial charge in [-0.3, -0.25) is 4.40 Å². The topological polar surface area (TPSA) is 129 Å². The molecule has 3 heterocycles. The van der Waals surface area contributed by atoms with E-state index in [1.165, 1.54) is 0 Å². The van der Waals surface area contributed by atoms with Gasteiger partial charge in [0.1, 0.15) is 5.82 Å². The summed E-state index contributed by atoms with van der Waals surface area (Å²) in [5.41, 5.74) is 2.37. The first-order valence-corrected chi connectivity index (χ1v) is 10.7. The van der Waals surface area contributed by atoms with Crippen molar-refractivity contribution in [3.05, 3.63) is 24.3 Å². The zero-order valence-electron chi connectivity index (χ0n) is 15.0. The summed E-state index contributed by atoms with van der Waals surface area (Å²) in [5.74, 6) is 1.20. The summed E-state index contributed by atoms with van der Waals surface area (Å²) in [6, 6.07) is 3.79. The Labute approximate surface area is 156 Å². The molecule has 0 bridgehead atoms. The van der Waals surface area contributed by atoms with Gasteiger partial charge in [-0.25, -0.2) is 18.1 Å². The van der Waals surface area contributed by atoms with Crippen LogP contribution in [-0.4, -0.2) is 44.8 Å². The molecule has 3 atom stereocenters. The van der Waals surface area contributed by atoms with Gasteiger partial charge in [0.25, 0.3) is 0 Å². The Bertz CT molecular complexity index is 1110. The van der Waals surface area contributed by atoms with Crippen LogP contribution in [0.15, 0.2) is 18.5 Å². The van der Waals surface area contributed by atoms with Crippen LogP contribution in [0.1, 0.15) is 44.3 Å². The summed E-state index contributed by atoms with van der Waals surface area (Å²) in [4.78, 5) is 7.43. The van der Waals surface area contributed by atoms with Crippen LogP contribution in [-0.2, 0) is 10.0 Å².